The molecule has 3 aliphatic carbocycles. The third kappa shape index (κ3) is 3.74. The van der Waals surface area contributed by atoms with Gasteiger partial charge >= 0.3 is 0 Å². The van der Waals surface area contributed by atoms with Crippen LogP contribution in [0.15, 0.2) is 16.5 Å². The Morgan fingerprint density at radius 2 is 2.12 bits per heavy atom. The molecular weight excluding hydrogens is 314 g/mol. The summed E-state index contributed by atoms with van der Waals surface area (Å²) in [5, 5.41) is 12.4. The molecule has 0 spiro atoms. The first-order valence-electron chi connectivity index (χ1n) is 9.53. The number of rotatable bonds is 8. The molecule has 0 radical (unpaired) electrons. The normalized spacial score (nSPS) is 27.6. The molecule has 0 saturated heterocycles. The fourth-order valence-electron chi connectivity index (χ4n) is 3.75. The SMILES string of the molecule is C[C@@H]1C[C@@H]1c1ccc(CN(CC(=O)N[C@](C)(C#N)C2CC2)C2CC2)o1. The van der Waals surface area contributed by atoms with E-state index in [1.54, 1.807) is 0 Å². The zero-order valence-corrected chi connectivity index (χ0v) is 15.1. The van der Waals surface area contributed by atoms with Crippen molar-refractivity contribution in [3.05, 3.63) is 23.7 Å². The quantitative estimate of drug-likeness (QED) is 0.788. The van der Waals surface area contributed by atoms with Gasteiger partial charge in [0.2, 0.25) is 5.91 Å². The lowest BCUT2D eigenvalue weighted by Gasteiger charge is -2.26. The Kier molecular flexibility index (Phi) is 4.11. The van der Waals surface area contributed by atoms with Crippen molar-refractivity contribution < 1.29 is 9.21 Å². The van der Waals surface area contributed by atoms with Gasteiger partial charge in [0.05, 0.1) is 19.2 Å². The summed E-state index contributed by atoms with van der Waals surface area (Å²) in [4.78, 5) is 14.7. The largest absolute Gasteiger partial charge is 0.464 e. The molecule has 5 heteroatoms. The van der Waals surface area contributed by atoms with Gasteiger partial charge in [0.25, 0.3) is 0 Å². The summed E-state index contributed by atoms with van der Waals surface area (Å²) in [5.74, 6) is 3.61. The standard InChI is InChI=1S/C20H27N3O2/c1-13-9-17(13)18-8-7-16(25-18)10-23(15-5-6-15)11-19(24)22-20(2,12-21)14-3-4-14/h7-8,13-15,17H,3-6,9-11H2,1-2H3,(H,22,24)/t13-,17+,20-/m1/s1. The summed E-state index contributed by atoms with van der Waals surface area (Å²) in [6.07, 6.45) is 5.56. The molecule has 1 heterocycles. The molecule has 0 aromatic carbocycles. The predicted octanol–water partition coefficient (Wildman–Crippen LogP) is 3.18. The Labute approximate surface area is 149 Å². The topological polar surface area (TPSA) is 69.3 Å². The summed E-state index contributed by atoms with van der Waals surface area (Å²) in [6.45, 7) is 5.11. The third-order valence-electron chi connectivity index (χ3n) is 5.95. The number of carbonyl (C=O) groups excluding carboxylic acids is 1. The van der Waals surface area contributed by atoms with E-state index in [4.69, 9.17) is 4.42 Å². The van der Waals surface area contributed by atoms with Crippen LogP contribution in [-0.2, 0) is 11.3 Å². The Morgan fingerprint density at radius 3 is 2.68 bits per heavy atom. The molecular formula is C20H27N3O2. The highest BCUT2D eigenvalue weighted by Crippen LogP contribution is 2.47. The van der Waals surface area contributed by atoms with E-state index in [-0.39, 0.29) is 5.91 Å². The van der Waals surface area contributed by atoms with Gasteiger partial charge in [0.15, 0.2) is 0 Å². The number of nitrogens with zero attached hydrogens (tertiary/aromatic N) is 2. The molecule has 134 valence electrons. The maximum absolute atomic E-state index is 12.5. The average Bonchev–Trinajstić information content (AvgIpc) is 3.43. The molecule has 3 fully saturated rings. The lowest BCUT2D eigenvalue weighted by molar-refractivity contribution is -0.124. The second-order valence-electron chi connectivity index (χ2n) is 8.40. The van der Waals surface area contributed by atoms with Crippen LogP contribution in [0.2, 0.25) is 0 Å². The molecule has 1 N–H and O–H groups in total. The fourth-order valence-corrected chi connectivity index (χ4v) is 3.75. The van der Waals surface area contributed by atoms with Gasteiger partial charge in [0.1, 0.15) is 17.1 Å². The van der Waals surface area contributed by atoms with Crippen molar-refractivity contribution in [3.63, 3.8) is 0 Å². The van der Waals surface area contributed by atoms with Crippen LogP contribution in [0.4, 0.5) is 0 Å². The smallest absolute Gasteiger partial charge is 0.235 e. The van der Waals surface area contributed by atoms with E-state index < -0.39 is 5.54 Å². The van der Waals surface area contributed by atoms with E-state index in [9.17, 15) is 10.1 Å². The van der Waals surface area contributed by atoms with Crippen LogP contribution in [0.3, 0.4) is 0 Å². The maximum Gasteiger partial charge on any atom is 0.235 e. The van der Waals surface area contributed by atoms with Crippen molar-refractivity contribution >= 4 is 5.91 Å². The van der Waals surface area contributed by atoms with E-state index in [1.165, 1.54) is 6.42 Å². The summed E-state index contributed by atoms with van der Waals surface area (Å²) in [7, 11) is 0. The van der Waals surface area contributed by atoms with Crippen LogP contribution in [0, 0.1) is 23.2 Å². The van der Waals surface area contributed by atoms with E-state index in [0.717, 1.165) is 43.1 Å². The second-order valence-corrected chi connectivity index (χ2v) is 8.40. The van der Waals surface area contributed by atoms with Crippen molar-refractivity contribution in [1.29, 1.82) is 5.26 Å². The molecule has 3 saturated carbocycles. The average molecular weight is 341 g/mol. The van der Waals surface area contributed by atoms with Crippen LogP contribution in [-0.4, -0.2) is 28.9 Å². The van der Waals surface area contributed by atoms with E-state index in [0.29, 0.717) is 31.0 Å². The molecule has 1 aromatic heterocycles. The highest BCUT2D eigenvalue weighted by Gasteiger charge is 2.43. The molecule has 0 bridgehead atoms. The number of carbonyl (C=O) groups is 1. The molecule has 1 aromatic rings. The molecule has 4 rings (SSSR count). The van der Waals surface area contributed by atoms with Gasteiger partial charge in [-0.1, -0.05) is 6.92 Å². The van der Waals surface area contributed by atoms with Crippen LogP contribution in [0.5, 0.6) is 0 Å². The predicted molar refractivity (Wildman–Crippen MR) is 93.5 cm³/mol. The highest BCUT2D eigenvalue weighted by atomic mass is 16.3. The molecule has 0 unspecified atom stereocenters. The monoisotopic (exact) mass is 341 g/mol. The van der Waals surface area contributed by atoms with Gasteiger partial charge in [-0.3, -0.25) is 9.69 Å². The van der Waals surface area contributed by atoms with Crippen molar-refractivity contribution in [1.82, 2.24) is 10.2 Å². The minimum absolute atomic E-state index is 0.0505. The first-order valence-corrected chi connectivity index (χ1v) is 9.53. The lowest BCUT2D eigenvalue weighted by Crippen LogP contribution is -2.50. The van der Waals surface area contributed by atoms with Crippen molar-refractivity contribution in [2.75, 3.05) is 6.54 Å². The zero-order valence-electron chi connectivity index (χ0n) is 15.1. The van der Waals surface area contributed by atoms with Crippen LogP contribution >= 0.6 is 0 Å². The molecule has 25 heavy (non-hydrogen) atoms. The molecule has 0 aliphatic heterocycles. The van der Waals surface area contributed by atoms with Crippen molar-refractivity contribution in [2.24, 2.45) is 11.8 Å². The van der Waals surface area contributed by atoms with Gasteiger partial charge < -0.3 is 9.73 Å². The first-order chi connectivity index (χ1) is 12.0. The Hall–Kier alpha value is -1.80. The minimum atomic E-state index is -0.716. The van der Waals surface area contributed by atoms with E-state index >= 15 is 0 Å². The number of furan rings is 1. The lowest BCUT2D eigenvalue weighted by atomic mass is 9.98. The van der Waals surface area contributed by atoms with Gasteiger partial charge in [-0.05, 0) is 63.0 Å². The number of hydrogen-bond acceptors (Lipinski definition) is 4. The number of hydrogen-bond donors (Lipinski definition) is 1. The molecule has 3 atom stereocenters. The van der Waals surface area contributed by atoms with Gasteiger partial charge in [-0.2, -0.15) is 5.26 Å². The summed E-state index contributed by atoms with van der Waals surface area (Å²) >= 11 is 0. The zero-order chi connectivity index (χ0) is 17.6. The second kappa shape index (κ2) is 6.17. The van der Waals surface area contributed by atoms with Crippen LogP contribution in [0.1, 0.15) is 63.4 Å². The first kappa shape index (κ1) is 16.7. The fraction of sp³-hybridized carbons (Fsp3) is 0.700. The van der Waals surface area contributed by atoms with Gasteiger partial charge in [0, 0.05) is 12.0 Å². The summed E-state index contributed by atoms with van der Waals surface area (Å²) in [6, 6.07) is 6.91. The summed E-state index contributed by atoms with van der Waals surface area (Å²) in [5.41, 5.74) is -0.716. The van der Waals surface area contributed by atoms with E-state index in [1.807, 2.05) is 6.92 Å². The Morgan fingerprint density at radius 1 is 1.40 bits per heavy atom. The van der Waals surface area contributed by atoms with Gasteiger partial charge in [-0.25, -0.2) is 0 Å². The van der Waals surface area contributed by atoms with Crippen molar-refractivity contribution in [3.8, 4) is 6.07 Å². The number of nitrogens with one attached hydrogen (secondary N) is 1. The third-order valence-corrected chi connectivity index (χ3v) is 5.95. The Bertz CT molecular complexity index is 698. The molecule has 3 aliphatic rings. The van der Waals surface area contributed by atoms with Crippen LogP contribution < -0.4 is 5.32 Å². The van der Waals surface area contributed by atoms with Crippen molar-refractivity contribution in [2.45, 2.75) is 70.0 Å². The molecule has 1 amide bonds. The highest BCUT2D eigenvalue weighted by molar-refractivity contribution is 5.79. The van der Waals surface area contributed by atoms with Crippen LogP contribution in [0.25, 0.3) is 0 Å². The summed E-state index contributed by atoms with van der Waals surface area (Å²) < 4.78 is 6.01. The molecule has 5 nitrogen and oxygen atoms in total. The number of nitriles is 1. The Balaban J connectivity index is 1.36. The maximum atomic E-state index is 12.5. The van der Waals surface area contributed by atoms with E-state index in [2.05, 4.69) is 35.3 Å². The minimum Gasteiger partial charge on any atom is -0.464 e. The number of amides is 1. The van der Waals surface area contributed by atoms with Gasteiger partial charge in [-0.15, -0.1) is 0 Å².